The molecule has 0 aromatic heterocycles. The maximum Gasteiger partial charge on any atom is 0.234 e. The highest BCUT2D eigenvalue weighted by atomic mass is 35.5. The summed E-state index contributed by atoms with van der Waals surface area (Å²) in [6, 6.07) is 7.43. The van der Waals surface area contributed by atoms with E-state index in [1.807, 2.05) is 18.2 Å². The Morgan fingerprint density at radius 1 is 1.22 bits per heavy atom. The Labute approximate surface area is 111 Å². The van der Waals surface area contributed by atoms with Crippen LogP contribution in [0.2, 0.25) is 5.02 Å². The third-order valence-electron chi connectivity index (χ3n) is 4.22. The van der Waals surface area contributed by atoms with Gasteiger partial charge in [0.1, 0.15) is 0 Å². The first-order chi connectivity index (χ1) is 8.62. The van der Waals surface area contributed by atoms with Crippen molar-refractivity contribution in [1.82, 2.24) is 5.32 Å². The molecule has 0 radical (unpaired) electrons. The SMILES string of the molecule is O=C1CC2(CCC2)C(c2ccccc2Cl)C(=O)N1. The lowest BCUT2D eigenvalue weighted by Crippen LogP contribution is -2.53. The third kappa shape index (κ3) is 1.65. The average molecular weight is 264 g/mol. The highest BCUT2D eigenvalue weighted by Crippen LogP contribution is 2.56. The number of imide groups is 1. The van der Waals surface area contributed by atoms with E-state index >= 15 is 0 Å². The molecule has 94 valence electrons. The molecule has 1 saturated heterocycles. The van der Waals surface area contributed by atoms with Crippen LogP contribution in [0.1, 0.15) is 37.2 Å². The fraction of sp³-hybridized carbons (Fsp3) is 0.429. The number of hydrogen-bond donors (Lipinski definition) is 1. The van der Waals surface area contributed by atoms with Crippen molar-refractivity contribution < 1.29 is 9.59 Å². The lowest BCUT2D eigenvalue weighted by atomic mass is 9.56. The van der Waals surface area contributed by atoms with E-state index in [1.165, 1.54) is 0 Å². The van der Waals surface area contributed by atoms with E-state index in [4.69, 9.17) is 11.6 Å². The van der Waals surface area contributed by atoms with Gasteiger partial charge in [0.2, 0.25) is 11.8 Å². The molecule has 18 heavy (non-hydrogen) atoms. The van der Waals surface area contributed by atoms with Gasteiger partial charge in [-0.3, -0.25) is 14.9 Å². The largest absolute Gasteiger partial charge is 0.296 e. The molecule has 1 spiro atoms. The van der Waals surface area contributed by atoms with Crippen LogP contribution in [0, 0.1) is 5.41 Å². The van der Waals surface area contributed by atoms with E-state index in [0.717, 1.165) is 24.8 Å². The Hall–Kier alpha value is -1.35. The van der Waals surface area contributed by atoms with Crippen LogP contribution in [-0.2, 0) is 9.59 Å². The number of carbonyl (C=O) groups is 2. The zero-order chi connectivity index (χ0) is 12.8. The molecule has 1 saturated carbocycles. The van der Waals surface area contributed by atoms with E-state index < -0.39 is 0 Å². The van der Waals surface area contributed by atoms with E-state index in [9.17, 15) is 9.59 Å². The fourth-order valence-corrected chi connectivity index (χ4v) is 3.48. The van der Waals surface area contributed by atoms with Gasteiger partial charge in [-0.2, -0.15) is 0 Å². The van der Waals surface area contributed by atoms with Crippen molar-refractivity contribution in [3.8, 4) is 0 Å². The van der Waals surface area contributed by atoms with Crippen molar-refractivity contribution in [3.63, 3.8) is 0 Å². The number of rotatable bonds is 1. The van der Waals surface area contributed by atoms with Gasteiger partial charge in [-0.25, -0.2) is 0 Å². The summed E-state index contributed by atoms with van der Waals surface area (Å²) in [7, 11) is 0. The second-order valence-electron chi connectivity index (χ2n) is 5.26. The smallest absolute Gasteiger partial charge is 0.234 e. The summed E-state index contributed by atoms with van der Waals surface area (Å²) in [5, 5.41) is 3.05. The molecule has 3 rings (SSSR count). The molecule has 2 fully saturated rings. The van der Waals surface area contributed by atoms with E-state index in [1.54, 1.807) is 6.07 Å². The number of nitrogens with one attached hydrogen (secondary N) is 1. The van der Waals surface area contributed by atoms with E-state index in [-0.39, 0.29) is 23.1 Å². The van der Waals surface area contributed by atoms with Gasteiger partial charge in [0, 0.05) is 11.4 Å². The van der Waals surface area contributed by atoms with Crippen molar-refractivity contribution in [1.29, 1.82) is 0 Å². The van der Waals surface area contributed by atoms with Crippen LogP contribution >= 0.6 is 11.6 Å². The molecule has 1 aliphatic heterocycles. The normalized spacial score (nSPS) is 25.7. The van der Waals surface area contributed by atoms with Crippen LogP contribution < -0.4 is 5.32 Å². The second-order valence-corrected chi connectivity index (χ2v) is 5.67. The summed E-state index contributed by atoms with van der Waals surface area (Å²) in [5.41, 5.74) is 0.661. The Bertz CT molecular complexity index is 522. The number of benzene rings is 1. The van der Waals surface area contributed by atoms with Gasteiger partial charge in [0.15, 0.2) is 0 Å². The van der Waals surface area contributed by atoms with Crippen LogP contribution in [0.3, 0.4) is 0 Å². The fourth-order valence-electron chi connectivity index (χ4n) is 3.23. The average Bonchev–Trinajstić information content (AvgIpc) is 2.27. The number of carbonyl (C=O) groups excluding carboxylic acids is 2. The first-order valence-corrected chi connectivity index (χ1v) is 6.58. The minimum Gasteiger partial charge on any atom is -0.296 e. The molecule has 2 aliphatic rings. The Morgan fingerprint density at radius 3 is 2.56 bits per heavy atom. The molecule has 1 atom stereocenters. The summed E-state index contributed by atoms with van der Waals surface area (Å²) in [6.07, 6.45) is 3.39. The molecular formula is C14H14ClNO2. The highest BCUT2D eigenvalue weighted by Gasteiger charge is 2.52. The summed E-state index contributed by atoms with van der Waals surface area (Å²) < 4.78 is 0. The van der Waals surface area contributed by atoms with Crippen LogP contribution in [-0.4, -0.2) is 11.8 Å². The van der Waals surface area contributed by atoms with Gasteiger partial charge < -0.3 is 0 Å². The summed E-state index contributed by atoms with van der Waals surface area (Å²) in [6.45, 7) is 0. The van der Waals surface area contributed by atoms with Gasteiger partial charge in [0.25, 0.3) is 0 Å². The number of amides is 2. The highest BCUT2D eigenvalue weighted by molar-refractivity contribution is 6.31. The van der Waals surface area contributed by atoms with Crippen molar-refractivity contribution in [2.24, 2.45) is 5.41 Å². The molecule has 2 amide bonds. The van der Waals surface area contributed by atoms with Crippen LogP contribution in [0.4, 0.5) is 0 Å². The van der Waals surface area contributed by atoms with Crippen molar-refractivity contribution in [3.05, 3.63) is 34.9 Å². The zero-order valence-corrected chi connectivity index (χ0v) is 10.7. The maximum absolute atomic E-state index is 12.2. The lowest BCUT2D eigenvalue weighted by molar-refractivity contribution is -0.143. The van der Waals surface area contributed by atoms with E-state index in [0.29, 0.717) is 11.4 Å². The summed E-state index contributed by atoms with van der Waals surface area (Å²) in [4.78, 5) is 23.8. The van der Waals surface area contributed by atoms with Crippen LogP contribution in [0.15, 0.2) is 24.3 Å². The molecule has 1 aromatic rings. The van der Waals surface area contributed by atoms with Crippen molar-refractivity contribution in [2.45, 2.75) is 31.6 Å². The number of halogens is 1. The first kappa shape index (κ1) is 11.7. The van der Waals surface area contributed by atoms with Gasteiger partial charge in [0.05, 0.1) is 5.92 Å². The molecule has 1 heterocycles. The predicted octanol–water partition coefficient (Wildman–Crippen LogP) is 2.64. The van der Waals surface area contributed by atoms with E-state index in [2.05, 4.69) is 5.32 Å². The maximum atomic E-state index is 12.2. The zero-order valence-electron chi connectivity index (χ0n) is 9.91. The molecule has 1 aliphatic carbocycles. The molecule has 3 nitrogen and oxygen atoms in total. The third-order valence-corrected chi connectivity index (χ3v) is 4.56. The van der Waals surface area contributed by atoms with Crippen LogP contribution in [0.5, 0.6) is 0 Å². The Kier molecular flexibility index (Phi) is 2.67. The summed E-state index contributed by atoms with van der Waals surface area (Å²) in [5.74, 6) is -0.625. The molecule has 0 bridgehead atoms. The van der Waals surface area contributed by atoms with Crippen LogP contribution in [0.25, 0.3) is 0 Å². The van der Waals surface area contributed by atoms with Crippen molar-refractivity contribution >= 4 is 23.4 Å². The molecule has 1 N–H and O–H groups in total. The molecule has 1 aromatic carbocycles. The number of piperidine rings is 1. The second kappa shape index (κ2) is 4.09. The predicted molar refractivity (Wildman–Crippen MR) is 68.2 cm³/mol. The minimum atomic E-state index is -0.280. The lowest BCUT2D eigenvalue weighted by Gasteiger charge is -2.49. The Morgan fingerprint density at radius 2 is 1.94 bits per heavy atom. The molecule has 1 unspecified atom stereocenters. The first-order valence-electron chi connectivity index (χ1n) is 6.20. The monoisotopic (exact) mass is 263 g/mol. The Balaban J connectivity index is 2.05. The topological polar surface area (TPSA) is 46.2 Å². The van der Waals surface area contributed by atoms with Gasteiger partial charge in [-0.05, 0) is 29.9 Å². The van der Waals surface area contributed by atoms with Crippen molar-refractivity contribution in [2.75, 3.05) is 0 Å². The van der Waals surface area contributed by atoms with Gasteiger partial charge >= 0.3 is 0 Å². The quantitative estimate of drug-likeness (QED) is 0.792. The standard InChI is InChI=1S/C14H14ClNO2/c15-10-5-2-1-4-9(10)12-13(18)16-11(17)8-14(12)6-3-7-14/h1-2,4-5,12H,3,6-8H2,(H,16,17,18). The summed E-state index contributed by atoms with van der Waals surface area (Å²) >= 11 is 6.20. The molecular weight excluding hydrogens is 250 g/mol. The van der Waals surface area contributed by atoms with Gasteiger partial charge in [-0.15, -0.1) is 0 Å². The number of hydrogen-bond acceptors (Lipinski definition) is 2. The van der Waals surface area contributed by atoms with Gasteiger partial charge in [-0.1, -0.05) is 36.2 Å². The minimum absolute atomic E-state index is 0.150. The molecule has 4 heteroatoms.